The topological polar surface area (TPSA) is 29.1 Å². The van der Waals surface area contributed by atoms with Crippen LogP contribution in [0.2, 0.25) is 0 Å². The number of benzene rings is 2. The van der Waals surface area contributed by atoms with Crippen molar-refractivity contribution in [1.82, 2.24) is 0 Å². The first-order valence-corrected chi connectivity index (χ1v) is 6.85. The predicted octanol–water partition coefficient (Wildman–Crippen LogP) is 4.54. The molecule has 0 aromatic heterocycles. The van der Waals surface area contributed by atoms with Gasteiger partial charge in [-0.3, -0.25) is 4.79 Å². The van der Waals surface area contributed by atoms with Crippen LogP contribution in [-0.4, -0.2) is 5.91 Å². The zero-order chi connectivity index (χ0) is 14.8. The van der Waals surface area contributed by atoms with Gasteiger partial charge in [0, 0.05) is 11.3 Å². The number of anilines is 1. The lowest BCUT2D eigenvalue weighted by molar-refractivity contribution is 0.102. The Balaban J connectivity index is 2.10. The molecule has 2 heteroatoms. The van der Waals surface area contributed by atoms with Gasteiger partial charge in [-0.25, -0.2) is 0 Å². The van der Waals surface area contributed by atoms with E-state index in [4.69, 9.17) is 0 Å². The third-order valence-electron chi connectivity index (χ3n) is 3.32. The maximum absolute atomic E-state index is 12.1. The van der Waals surface area contributed by atoms with Crippen molar-refractivity contribution in [2.24, 2.45) is 0 Å². The van der Waals surface area contributed by atoms with E-state index in [0.717, 1.165) is 11.3 Å². The molecule has 0 aliphatic rings. The van der Waals surface area contributed by atoms with Gasteiger partial charge >= 0.3 is 0 Å². The summed E-state index contributed by atoms with van der Waals surface area (Å²) in [5.74, 6) is -0.0755. The average Bonchev–Trinajstić information content (AvgIpc) is 2.39. The Morgan fingerprint density at radius 3 is 1.95 bits per heavy atom. The van der Waals surface area contributed by atoms with Crippen LogP contribution in [0, 0.1) is 6.92 Å². The maximum Gasteiger partial charge on any atom is 0.255 e. The van der Waals surface area contributed by atoms with Crippen LogP contribution in [0.4, 0.5) is 5.69 Å². The molecule has 2 rings (SSSR count). The summed E-state index contributed by atoms with van der Waals surface area (Å²) >= 11 is 0. The highest BCUT2D eigenvalue weighted by atomic mass is 16.1. The predicted molar refractivity (Wildman–Crippen MR) is 84.3 cm³/mol. The van der Waals surface area contributed by atoms with E-state index in [1.165, 1.54) is 5.56 Å². The summed E-state index contributed by atoms with van der Waals surface area (Å²) in [5, 5.41) is 2.92. The minimum atomic E-state index is -0.0755. The SMILES string of the molecule is Cc1ccc(C(=O)Nc2ccc(C(C)(C)C)cc2)cc1. The molecule has 0 fully saturated rings. The monoisotopic (exact) mass is 267 g/mol. The van der Waals surface area contributed by atoms with Crippen LogP contribution in [0.3, 0.4) is 0 Å². The van der Waals surface area contributed by atoms with E-state index in [1.54, 1.807) is 0 Å². The van der Waals surface area contributed by atoms with E-state index >= 15 is 0 Å². The Morgan fingerprint density at radius 2 is 1.45 bits per heavy atom. The number of carbonyl (C=O) groups is 1. The lowest BCUT2D eigenvalue weighted by atomic mass is 9.87. The largest absolute Gasteiger partial charge is 0.322 e. The highest BCUT2D eigenvalue weighted by Crippen LogP contribution is 2.23. The van der Waals surface area contributed by atoms with Crippen molar-refractivity contribution in [3.05, 3.63) is 65.2 Å². The highest BCUT2D eigenvalue weighted by molar-refractivity contribution is 6.04. The minimum Gasteiger partial charge on any atom is -0.322 e. The van der Waals surface area contributed by atoms with Gasteiger partial charge in [-0.2, -0.15) is 0 Å². The standard InChI is InChI=1S/C18H21NO/c1-13-5-7-14(8-6-13)17(20)19-16-11-9-15(10-12-16)18(2,3)4/h5-12H,1-4H3,(H,19,20). The van der Waals surface area contributed by atoms with E-state index in [0.29, 0.717) is 5.56 Å². The van der Waals surface area contributed by atoms with Crippen LogP contribution < -0.4 is 5.32 Å². The second-order valence-corrected chi connectivity index (χ2v) is 6.15. The zero-order valence-corrected chi connectivity index (χ0v) is 12.5. The molecule has 0 heterocycles. The Labute approximate surface area is 120 Å². The Kier molecular flexibility index (Phi) is 3.93. The summed E-state index contributed by atoms with van der Waals surface area (Å²) < 4.78 is 0. The first kappa shape index (κ1) is 14.3. The molecule has 0 spiro atoms. The van der Waals surface area contributed by atoms with E-state index < -0.39 is 0 Å². The van der Waals surface area contributed by atoms with Gasteiger partial charge in [-0.05, 0) is 42.2 Å². The number of hydrogen-bond donors (Lipinski definition) is 1. The number of nitrogens with one attached hydrogen (secondary N) is 1. The first-order chi connectivity index (χ1) is 9.36. The first-order valence-electron chi connectivity index (χ1n) is 6.85. The molecule has 0 aliphatic carbocycles. The number of carbonyl (C=O) groups excluding carboxylic acids is 1. The van der Waals surface area contributed by atoms with Gasteiger partial charge < -0.3 is 5.32 Å². The zero-order valence-electron chi connectivity index (χ0n) is 12.5. The van der Waals surface area contributed by atoms with Gasteiger partial charge in [0.2, 0.25) is 0 Å². The van der Waals surface area contributed by atoms with Crippen LogP contribution in [0.25, 0.3) is 0 Å². The Hall–Kier alpha value is -2.09. The van der Waals surface area contributed by atoms with Gasteiger partial charge in [-0.1, -0.05) is 50.6 Å². The van der Waals surface area contributed by atoms with Crippen molar-refractivity contribution in [2.75, 3.05) is 5.32 Å². The van der Waals surface area contributed by atoms with E-state index in [9.17, 15) is 4.79 Å². The van der Waals surface area contributed by atoms with Gasteiger partial charge in [-0.15, -0.1) is 0 Å². The van der Waals surface area contributed by atoms with Crippen LogP contribution in [0.5, 0.6) is 0 Å². The Morgan fingerprint density at radius 1 is 0.900 bits per heavy atom. The molecular weight excluding hydrogens is 246 g/mol. The summed E-state index contributed by atoms with van der Waals surface area (Å²) in [6.07, 6.45) is 0. The average molecular weight is 267 g/mol. The van der Waals surface area contributed by atoms with Crippen molar-refractivity contribution in [2.45, 2.75) is 33.1 Å². The van der Waals surface area contributed by atoms with Gasteiger partial charge in [0.1, 0.15) is 0 Å². The molecular formula is C18H21NO. The number of rotatable bonds is 2. The van der Waals surface area contributed by atoms with Crippen molar-refractivity contribution in [3.63, 3.8) is 0 Å². The van der Waals surface area contributed by atoms with E-state index in [1.807, 2.05) is 43.3 Å². The quantitative estimate of drug-likeness (QED) is 0.850. The van der Waals surface area contributed by atoms with E-state index in [-0.39, 0.29) is 11.3 Å². The molecule has 0 radical (unpaired) electrons. The third-order valence-corrected chi connectivity index (χ3v) is 3.32. The molecule has 0 saturated carbocycles. The molecule has 104 valence electrons. The summed E-state index contributed by atoms with van der Waals surface area (Å²) in [6.45, 7) is 8.53. The van der Waals surface area contributed by atoms with Crippen LogP contribution in [-0.2, 0) is 5.41 Å². The van der Waals surface area contributed by atoms with Gasteiger partial charge in [0.25, 0.3) is 5.91 Å². The molecule has 2 aromatic rings. The van der Waals surface area contributed by atoms with Crippen LogP contribution in [0.1, 0.15) is 42.3 Å². The maximum atomic E-state index is 12.1. The molecule has 0 bridgehead atoms. The summed E-state index contributed by atoms with van der Waals surface area (Å²) in [6, 6.07) is 15.6. The Bertz CT molecular complexity index is 589. The van der Waals surface area contributed by atoms with Crippen molar-refractivity contribution in [3.8, 4) is 0 Å². The fourth-order valence-corrected chi connectivity index (χ4v) is 1.96. The molecule has 2 nitrogen and oxygen atoms in total. The normalized spacial score (nSPS) is 11.2. The molecule has 1 N–H and O–H groups in total. The van der Waals surface area contributed by atoms with Crippen LogP contribution >= 0.6 is 0 Å². The molecule has 20 heavy (non-hydrogen) atoms. The van der Waals surface area contributed by atoms with Gasteiger partial charge in [0.05, 0.1) is 0 Å². The van der Waals surface area contributed by atoms with Crippen molar-refractivity contribution >= 4 is 11.6 Å². The molecule has 0 atom stereocenters. The second kappa shape index (κ2) is 5.49. The summed E-state index contributed by atoms with van der Waals surface area (Å²) in [4.78, 5) is 12.1. The van der Waals surface area contributed by atoms with Crippen molar-refractivity contribution < 1.29 is 4.79 Å². The van der Waals surface area contributed by atoms with Gasteiger partial charge in [0.15, 0.2) is 0 Å². The lowest BCUT2D eigenvalue weighted by Gasteiger charge is -2.19. The molecule has 2 aromatic carbocycles. The third kappa shape index (κ3) is 3.47. The number of aryl methyl sites for hydroxylation is 1. The second-order valence-electron chi connectivity index (χ2n) is 6.15. The fraction of sp³-hybridized carbons (Fsp3) is 0.278. The number of hydrogen-bond acceptors (Lipinski definition) is 1. The lowest BCUT2D eigenvalue weighted by Crippen LogP contribution is -2.13. The fourth-order valence-electron chi connectivity index (χ4n) is 1.96. The molecule has 0 unspecified atom stereocenters. The van der Waals surface area contributed by atoms with Crippen LogP contribution in [0.15, 0.2) is 48.5 Å². The van der Waals surface area contributed by atoms with Crippen molar-refractivity contribution in [1.29, 1.82) is 0 Å². The summed E-state index contributed by atoms with van der Waals surface area (Å²) in [7, 11) is 0. The molecule has 0 aliphatic heterocycles. The number of amides is 1. The highest BCUT2D eigenvalue weighted by Gasteiger charge is 2.13. The summed E-state index contributed by atoms with van der Waals surface area (Å²) in [5.41, 5.74) is 4.03. The molecule has 0 saturated heterocycles. The smallest absolute Gasteiger partial charge is 0.255 e. The minimum absolute atomic E-state index is 0.0755. The van der Waals surface area contributed by atoms with E-state index in [2.05, 4.69) is 38.2 Å². The molecule has 1 amide bonds.